The second-order valence-corrected chi connectivity index (χ2v) is 6.38. The van der Waals surface area contributed by atoms with Gasteiger partial charge in [-0.15, -0.1) is 0 Å². The fourth-order valence-electron chi connectivity index (χ4n) is 3.37. The number of aliphatic hydroxyl groups excluding tert-OH is 1. The molecule has 2 aliphatic heterocycles. The standard InChI is InChI=1S/C13H22O5/c1-12(2)15-8-5-7(6-14)9-11(10(8)17-12)18-13(3,4)16-9/h7-11,14H,5-6H2,1-4H3/t7-,8?,9+,10+,11?/m0/s1. The molecule has 0 aromatic rings. The zero-order chi connectivity index (χ0) is 13.1. The van der Waals surface area contributed by atoms with E-state index in [9.17, 15) is 5.11 Å². The predicted molar refractivity (Wildman–Crippen MR) is 62.8 cm³/mol. The van der Waals surface area contributed by atoms with Gasteiger partial charge in [0.05, 0.1) is 12.2 Å². The lowest BCUT2D eigenvalue weighted by Gasteiger charge is -2.36. The molecule has 1 saturated carbocycles. The smallest absolute Gasteiger partial charge is 0.163 e. The molecule has 5 nitrogen and oxygen atoms in total. The Kier molecular flexibility index (Phi) is 2.78. The Hall–Kier alpha value is -0.200. The van der Waals surface area contributed by atoms with Crippen LogP contribution in [0.2, 0.25) is 0 Å². The minimum absolute atomic E-state index is 0.0177. The van der Waals surface area contributed by atoms with Gasteiger partial charge >= 0.3 is 0 Å². The maximum Gasteiger partial charge on any atom is 0.163 e. The third-order valence-corrected chi connectivity index (χ3v) is 3.94. The summed E-state index contributed by atoms with van der Waals surface area (Å²) in [4.78, 5) is 0. The summed E-state index contributed by atoms with van der Waals surface area (Å²) in [6.45, 7) is 7.71. The molecule has 0 radical (unpaired) electrons. The molecule has 0 spiro atoms. The van der Waals surface area contributed by atoms with Gasteiger partial charge in [0.25, 0.3) is 0 Å². The lowest BCUT2D eigenvalue weighted by molar-refractivity contribution is -0.176. The van der Waals surface area contributed by atoms with E-state index < -0.39 is 11.6 Å². The third kappa shape index (κ3) is 1.98. The Labute approximate surface area is 107 Å². The molecule has 0 bridgehead atoms. The van der Waals surface area contributed by atoms with Crippen molar-refractivity contribution in [2.45, 2.75) is 70.1 Å². The number of ether oxygens (including phenoxy) is 4. The molecule has 1 aliphatic carbocycles. The van der Waals surface area contributed by atoms with Crippen LogP contribution in [0.5, 0.6) is 0 Å². The zero-order valence-electron chi connectivity index (χ0n) is 11.4. The van der Waals surface area contributed by atoms with Crippen molar-refractivity contribution in [3.8, 4) is 0 Å². The van der Waals surface area contributed by atoms with Crippen LogP contribution >= 0.6 is 0 Å². The summed E-state index contributed by atoms with van der Waals surface area (Å²) in [5.41, 5.74) is 0. The number of aliphatic hydroxyl groups is 1. The summed E-state index contributed by atoms with van der Waals surface area (Å²) >= 11 is 0. The van der Waals surface area contributed by atoms with Gasteiger partial charge in [0.1, 0.15) is 12.2 Å². The van der Waals surface area contributed by atoms with Crippen molar-refractivity contribution in [1.29, 1.82) is 0 Å². The predicted octanol–water partition coefficient (Wildman–Crippen LogP) is 1.04. The fourth-order valence-corrected chi connectivity index (χ4v) is 3.37. The van der Waals surface area contributed by atoms with Crippen molar-refractivity contribution < 1.29 is 24.1 Å². The van der Waals surface area contributed by atoms with Gasteiger partial charge in [-0.1, -0.05) is 0 Å². The topological polar surface area (TPSA) is 57.2 Å². The molecule has 104 valence electrons. The second kappa shape index (κ2) is 3.90. The lowest BCUT2D eigenvalue weighted by atomic mass is 9.81. The summed E-state index contributed by atoms with van der Waals surface area (Å²) in [5, 5.41) is 9.53. The van der Waals surface area contributed by atoms with E-state index in [-0.39, 0.29) is 36.9 Å². The Morgan fingerprint density at radius 3 is 2.11 bits per heavy atom. The lowest BCUT2D eigenvalue weighted by Crippen LogP contribution is -2.51. The van der Waals surface area contributed by atoms with Crippen LogP contribution in [0.25, 0.3) is 0 Å². The highest BCUT2D eigenvalue weighted by atomic mass is 16.8. The minimum atomic E-state index is -0.617. The van der Waals surface area contributed by atoms with Crippen LogP contribution in [-0.2, 0) is 18.9 Å². The van der Waals surface area contributed by atoms with E-state index in [0.717, 1.165) is 6.42 Å². The van der Waals surface area contributed by atoms with E-state index in [4.69, 9.17) is 18.9 Å². The average Bonchev–Trinajstić information content (AvgIpc) is 2.71. The van der Waals surface area contributed by atoms with Crippen LogP contribution in [0.15, 0.2) is 0 Å². The van der Waals surface area contributed by atoms with Crippen LogP contribution in [-0.4, -0.2) is 47.7 Å². The van der Waals surface area contributed by atoms with E-state index in [0.29, 0.717) is 0 Å². The monoisotopic (exact) mass is 258 g/mol. The van der Waals surface area contributed by atoms with Crippen molar-refractivity contribution in [2.24, 2.45) is 5.92 Å². The average molecular weight is 258 g/mol. The van der Waals surface area contributed by atoms with Crippen LogP contribution in [0.3, 0.4) is 0 Å². The number of hydrogen-bond donors (Lipinski definition) is 1. The number of fused-ring (bicyclic) bond motifs is 3. The summed E-state index contributed by atoms with van der Waals surface area (Å²) in [6, 6.07) is 0. The molecular formula is C13H22O5. The van der Waals surface area contributed by atoms with E-state index >= 15 is 0 Å². The Bertz CT molecular complexity index is 340. The highest BCUT2D eigenvalue weighted by Crippen LogP contribution is 2.46. The van der Waals surface area contributed by atoms with Gasteiger partial charge in [0, 0.05) is 12.5 Å². The minimum Gasteiger partial charge on any atom is -0.396 e. The van der Waals surface area contributed by atoms with Crippen LogP contribution in [0, 0.1) is 5.92 Å². The summed E-state index contributed by atoms with van der Waals surface area (Å²) in [6.07, 6.45) is 0.373. The Morgan fingerprint density at radius 2 is 1.44 bits per heavy atom. The maximum atomic E-state index is 9.53. The first-order valence-corrected chi connectivity index (χ1v) is 6.63. The molecule has 2 saturated heterocycles. The van der Waals surface area contributed by atoms with Gasteiger partial charge in [0.15, 0.2) is 11.6 Å². The van der Waals surface area contributed by atoms with Crippen molar-refractivity contribution in [3.63, 3.8) is 0 Å². The molecule has 5 heteroatoms. The molecule has 0 aromatic carbocycles. The SMILES string of the molecule is CC1(C)OC2C[C@@H](CO)[C@H]3OC(C)(C)OC3[C@@H]2O1. The van der Waals surface area contributed by atoms with Crippen molar-refractivity contribution in [3.05, 3.63) is 0 Å². The zero-order valence-corrected chi connectivity index (χ0v) is 11.4. The first kappa shape index (κ1) is 12.8. The summed E-state index contributed by atoms with van der Waals surface area (Å²) < 4.78 is 23.7. The molecule has 2 heterocycles. The van der Waals surface area contributed by atoms with Crippen LogP contribution < -0.4 is 0 Å². The first-order valence-electron chi connectivity index (χ1n) is 6.63. The summed E-state index contributed by atoms with van der Waals surface area (Å²) in [7, 11) is 0. The molecule has 2 unspecified atom stereocenters. The van der Waals surface area contributed by atoms with Gasteiger partial charge in [-0.2, -0.15) is 0 Å². The van der Waals surface area contributed by atoms with Crippen LogP contribution in [0.1, 0.15) is 34.1 Å². The van der Waals surface area contributed by atoms with Crippen molar-refractivity contribution >= 4 is 0 Å². The van der Waals surface area contributed by atoms with Gasteiger partial charge in [0.2, 0.25) is 0 Å². The Morgan fingerprint density at radius 1 is 0.889 bits per heavy atom. The molecule has 3 aliphatic rings. The Balaban J connectivity index is 1.86. The van der Waals surface area contributed by atoms with Crippen molar-refractivity contribution in [1.82, 2.24) is 0 Å². The van der Waals surface area contributed by atoms with Crippen LogP contribution in [0.4, 0.5) is 0 Å². The molecule has 1 N–H and O–H groups in total. The molecule has 3 rings (SSSR count). The molecular weight excluding hydrogens is 236 g/mol. The molecule has 3 fully saturated rings. The molecule has 0 aromatic heterocycles. The van der Waals surface area contributed by atoms with Crippen molar-refractivity contribution in [2.75, 3.05) is 6.61 Å². The highest BCUT2D eigenvalue weighted by molar-refractivity contribution is 5.02. The number of hydrogen-bond acceptors (Lipinski definition) is 5. The van der Waals surface area contributed by atoms with E-state index in [1.54, 1.807) is 0 Å². The van der Waals surface area contributed by atoms with Gasteiger partial charge < -0.3 is 24.1 Å². The van der Waals surface area contributed by atoms with E-state index in [2.05, 4.69) is 0 Å². The third-order valence-electron chi connectivity index (χ3n) is 3.94. The van der Waals surface area contributed by atoms with E-state index in [1.807, 2.05) is 27.7 Å². The largest absolute Gasteiger partial charge is 0.396 e. The second-order valence-electron chi connectivity index (χ2n) is 6.38. The maximum absolute atomic E-state index is 9.53. The van der Waals surface area contributed by atoms with Gasteiger partial charge in [-0.05, 0) is 34.1 Å². The van der Waals surface area contributed by atoms with Gasteiger partial charge in [-0.25, -0.2) is 0 Å². The normalized spacial score (nSPS) is 48.8. The van der Waals surface area contributed by atoms with Gasteiger partial charge in [-0.3, -0.25) is 0 Å². The first-order chi connectivity index (χ1) is 8.31. The molecule has 5 atom stereocenters. The highest BCUT2D eigenvalue weighted by Gasteiger charge is 2.59. The quantitative estimate of drug-likeness (QED) is 0.761. The van der Waals surface area contributed by atoms with E-state index in [1.165, 1.54) is 0 Å². The molecule has 18 heavy (non-hydrogen) atoms. The fraction of sp³-hybridized carbons (Fsp3) is 1.00. The summed E-state index contributed by atoms with van der Waals surface area (Å²) in [5.74, 6) is -1.15. The number of rotatable bonds is 1. The molecule has 0 amide bonds.